The number of hydrogen-bond acceptors (Lipinski definition) is 1. The molecule has 2 N–H and O–H groups in total. The first-order chi connectivity index (χ1) is 9.95. The molecule has 0 amide bonds. The second-order valence-corrected chi connectivity index (χ2v) is 5.94. The molecule has 0 aliphatic heterocycles. The van der Waals surface area contributed by atoms with Gasteiger partial charge in [0.15, 0.2) is 5.11 Å². The van der Waals surface area contributed by atoms with Crippen molar-refractivity contribution in [3.05, 3.63) is 64.7 Å². The van der Waals surface area contributed by atoms with E-state index in [0.29, 0.717) is 5.11 Å². The zero-order valence-electron chi connectivity index (χ0n) is 13.0. The van der Waals surface area contributed by atoms with Gasteiger partial charge in [-0.05, 0) is 68.7 Å². The molecular formula is C18H22N2S. The average Bonchev–Trinajstić information content (AvgIpc) is 2.44. The number of rotatable bonds is 3. The van der Waals surface area contributed by atoms with Crippen LogP contribution in [0.25, 0.3) is 0 Å². The summed E-state index contributed by atoms with van der Waals surface area (Å²) in [6.07, 6.45) is 0. The van der Waals surface area contributed by atoms with Gasteiger partial charge in [-0.3, -0.25) is 0 Å². The van der Waals surface area contributed by atoms with E-state index >= 15 is 0 Å². The second-order valence-electron chi connectivity index (χ2n) is 5.53. The first kappa shape index (κ1) is 15.5. The van der Waals surface area contributed by atoms with E-state index in [1.165, 1.54) is 22.3 Å². The van der Waals surface area contributed by atoms with Crippen LogP contribution >= 0.6 is 12.2 Å². The molecule has 0 heterocycles. The van der Waals surface area contributed by atoms with Crippen LogP contribution < -0.4 is 10.6 Å². The summed E-state index contributed by atoms with van der Waals surface area (Å²) in [6.45, 7) is 8.45. The van der Waals surface area contributed by atoms with Crippen LogP contribution in [0.3, 0.4) is 0 Å². The summed E-state index contributed by atoms with van der Waals surface area (Å²) in [5, 5.41) is 7.19. The maximum absolute atomic E-state index is 5.38. The summed E-state index contributed by atoms with van der Waals surface area (Å²) >= 11 is 5.38. The highest BCUT2D eigenvalue weighted by Crippen LogP contribution is 2.17. The fourth-order valence-corrected chi connectivity index (χ4v) is 2.41. The van der Waals surface area contributed by atoms with Gasteiger partial charge in [-0.1, -0.05) is 35.9 Å². The molecular weight excluding hydrogens is 276 g/mol. The Balaban J connectivity index is 1.98. The van der Waals surface area contributed by atoms with E-state index in [0.717, 1.165) is 5.69 Å². The summed E-state index contributed by atoms with van der Waals surface area (Å²) in [5.41, 5.74) is 6.10. The maximum Gasteiger partial charge on any atom is 0.171 e. The zero-order valence-corrected chi connectivity index (χ0v) is 13.8. The SMILES string of the molecule is Cc1ccc(NC(=S)N[C@@H](C)c2ccc(C)c(C)c2)cc1. The Labute approximate surface area is 132 Å². The number of nitrogens with one attached hydrogen (secondary N) is 2. The molecule has 0 radical (unpaired) electrons. The van der Waals surface area contributed by atoms with Gasteiger partial charge in [-0.15, -0.1) is 0 Å². The highest BCUT2D eigenvalue weighted by atomic mass is 32.1. The minimum Gasteiger partial charge on any atom is -0.356 e. The quantitative estimate of drug-likeness (QED) is 0.806. The summed E-state index contributed by atoms with van der Waals surface area (Å²) in [7, 11) is 0. The predicted octanol–water partition coefficient (Wildman–Crippen LogP) is 4.66. The highest BCUT2D eigenvalue weighted by molar-refractivity contribution is 7.80. The molecule has 0 aromatic heterocycles. The molecule has 2 aromatic carbocycles. The molecule has 0 saturated heterocycles. The number of anilines is 1. The molecule has 0 saturated carbocycles. The van der Waals surface area contributed by atoms with Crippen LogP contribution in [-0.4, -0.2) is 5.11 Å². The van der Waals surface area contributed by atoms with Crippen molar-refractivity contribution >= 4 is 23.0 Å². The van der Waals surface area contributed by atoms with E-state index in [2.05, 4.69) is 68.7 Å². The molecule has 0 bridgehead atoms. The lowest BCUT2D eigenvalue weighted by atomic mass is 10.0. The minimum atomic E-state index is 0.176. The van der Waals surface area contributed by atoms with Crippen molar-refractivity contribution in [3.8, 4) is 0 Å². The van der Waals surface area contributed by atoms with Crippen LogP contribution in [-0.2, 0) is 0 Å². The van der Waals surface area contributed by atoms with Gasteiger partial charge in [0.25, 0.3) is 0 Å². The molecule has 0 spiro atoms. The highest BCUT2D eigenvalue weighted by Gasteiger charge is 2.08. The van der Waals surface area contributed by atoms with Gasteiger partial charge >= 0.3 is 0 Å². The molecule has 110 valence electrons. The third kappa shape index (κ3) is 4.30. The van der Waals surface area contributed by atoms with E-state index in [1.807, 2.05) is 12.1 Å². The molecule has 0 unspecified atom stereocenters. The van der Waals surface area contributed by atoms with Gasteiger partial charge in [0, 0.05) is 5.69 Å². The molecule has 21 heavy (non-hydrogen) atoms. The van der Waals surface area contributed by atoms with Gasteiger partial charge in [-0.25, -0.2) is 0 Å². The van der Waals surface area contributed by atoms with Crippen molar-refractivity contribution in [2.75, 3.05) is 5.32 Å². The second kappa shape index (κ2) is 6.72. The largest absolute Gasteiger partial charge is 0.356 e. The van der Waals surface area contributed by atoms with Crippen LogP contribution in [0, 0.1) is 20.8 Å². The smallest absolute Gasteiger partial charge is 0.171 e. The molecule has 2 nitrogen and oxygen atoms in total. The average molecular weight is 298 g/mol. The summed E-state index contributed by atoms with van der Waals surface area (Å²) in [5.74, 6) is 0. The monoisotopic (exact) mass is 298 g/mol. The lowest BCUT2D eigenvalue weighted by Gasteiger charge is -2.18. The Bertz CT molecular complexity index is 632. The number of aryl methyl sites for hydroxylation is 3. The van der Waals surface area contributed by atoms with Gasteiger partial charge in [-0.2, -0.15) is 0 Å². The predicted molar refractivity (Wildman–Crippen MR) is 94.9 cm³/mol. The third-order valence-electron chi connectivity index (χ3n) is 3.69. The Kier molecular flexibility index (Phi) is 4.97. The number of hydrogen-bond donors (Lipinski definition) is 2. The molecule has 0 aliphatic rings. The Hall–Kier alpha value is -1.87. The molecule has 2 aromatic rings. The fraction of sp³-hybridized carbons (Fsp3) is 0.278. The molecule has 0 fully saturated rings. The Morgan fingerprint density at radius 3 is 2.24 bits per heavy atom. The van der Waals surface area contributed by atoms with Gasteiger partial charge in [0.2, 0.25) is 0 Å². The van der Waals surface area contributed by atoms with E-state index in [1.54, 1.807) is 0 Å². The van der Waals surface area contributed by atoms with Crippen LogP contribution in [0.5, 0.6) is 0 Å². The van der Waals surface area contributed by atoms with Crippen molar-refractivity contribution < 1.29 is 0 Å². The lowest BCUT2D eigenvalue weighted by Crippen LogP contribution is -2.30. The first-order valence-corrected chi connectivity index (χ1v) is 7.58. The summed E-state index contributed by atoms with van der Waals surface area (Å²) < 4.78 is 0. The lowest BCUT2D eigenvalue weighted by molar-refractivity contribution is 0.721. The summed E-state index contributed by atoms with van der Waals surface area (Å²) in [4.78, 5) is 0. The van der Waals surface area contributed by atoms with E-state index in [4.69, 9.17) is 12.2 Å². The van der Waals surface area contributed by atoms with Crippen molar-refractivity contribution in [2.24, 2.45) is 0 Å². The standard InChI is InChI=1S/C18H22N2S/c1-12-5-9-17(10-6-12)20-18(21)19-15(4)16-8-7-13(2)14(3)11-16/h5-11,15H,1-4H3,(H2,19,20,21)/t15-/m0/s1. The van der Waals surface area contributed by atoms with Crippen molar-refractivity contribution in [1.82, 2.24) is 5.32 Å². The Morgan fingerprint density at radius 1 is 0.952 bits per heavy atom. The van der Waals surface area contributed by atoms with Gasteiger partial charge in [0.05, 0.1) is 6.04 Å². The first-order valence-electron chi connectivity index (χ1n) is 7.17. The summed E-state index contributed by atoms with van der Waals surface area (Å²) in [6, 6.07) is 14.9. The molecule has 0 aliphatic carbocycles. The molecule has 1 atom stereocenters. The van der Waals surface area contributed by atoms with Gasteiger partial charge < -0.3 is 10.6 Å². The van der Waals surface area contributed by atoms with Crippen molar-refractivity contribution in [3.63, 3.8) is 0 Å². The normalized spacial score (nSPS) is 11.8. The van der Waals surface area contributed by atoms with Crippen LogP contribution in [0.4, 0.5) is 5.69 Å². The third-order valence-corrected chi connectivity index (χ3v) is 3.91. The van der Waals surface area contributed by atoms with Crippen molar-refractivity contribution in [1.29, 1.82) is 0 Å². The van der Waals surface area contributed by atoms with E-state index in [9.17, 15) is 0 Å². The number of thiocarbonyl (C=S) groups is 1. The minimum absolute atomic E-state index is 0.176. The van der Waals surface area contributed by atoms with Crippen molar-refractivity contribution in [2.45, 2.75) is 33.7 Å². The van der Waals surface area contributed by atoms with Crippen LogP contribution in [0.2, 0.25) is 0 Å². The maximum atomic E-state index is 5.38. The van der Waals surface area contributed by atoms with E-state index < -0.39 is 0 Å². The zero-order chi connectivity index (χ0) is 15.4. The fourth-order valence-electron chi connectivity index (χ4n) is 2.12. The molecule has 2 rings (SSSR count). The van der Waals surface area contributed by atoms with Crippen LogP contribution in [0.1, 0.15) is 35.2 Å². The van der Waals surface area contributed by atoms with E-state index in [-0.39, 0.29) is 6.04 Å². The van der Waals surface area contributed by atoms with Crippen LogP contribution in [0.15, 0.2) is 42.5 Å². The Morgan fingerprint density at radius 2 is 1.62 bits per heavy atom. The molecule has 3 heteroatoms. The van der Waals surface area contributed by atoms with Gasteiger partial charge in [0.1, 0.15) is 0 Å². The number of benzene rings is 2. The topological polar surface area (TPSA) is 24.1 Å².